The molecule has 4 N–H and O–H groups in total. The summed E-state index contributed by atoms with van der Waals surface area (Å²) in [6.45, 7) is 4.60. The highest BCUT2D eigenvalue weighted by atomic mass is 35.5. The molecule has 0 saturated carbocycles. The molecule has 0 aliphatic carbocycles. The van der Waals surface area contributed by atoms with E-state index >= 15 is 0 Å². The molecule has 0 unspecified atom stereocenters. The van der Waals surface area contributed by atoms with Crippen LogP contribution >= 0.6 is 12.4 Å². The summed E-state index contributed by atoms with van der Waals surface area (Å²) in [6.07, 6.45) is 1.64. The van der Waals surface area contributed by atoms with E-state index < -0.39 is 10.0 Å². The molecule has 0 heterocycles. The zero-order valence-electron chi connectivity index (χ0n) is 12.8. The Hall–Kier alpha value is -1.15. The van der Waals surface area contributed by atoms with Gasteiger partial charge in [-0.05, 0) is 51.4 Å². The first-order valence-electron chi connectivity index (χ1n) is 6.97. The normalized spacial score (nSPS) is 11.1. The van der Waals surface area contributed by atoms with E-state index in [1.54, 1.807) is 26.0 Å². The van der Waals surface area contributed by atoms with Gasteiger partial charge in [0.25, 0.3) is 5.91 Å². The molecule has 0 aliphatic rings. The average Bonchev–Trinajstić information content (AvgIpc) is 2.42. The van der Waals surface area contributed by atoms with Crippen molar-refractivity contribution in [3.63, 3.8) is 0 Å². The first kappa shape index (κ1) is 20.9. The molecule has 0 radical (unpaired) electrons. The summed E-state index contributed by atoms with van der Waals surface area (Å²) < 4.78 is 26.6. The Morgan fingerprint density at radius 1 is 1.27 bits per heavy atom. The largest absolute Gasteiger partial charge is 0.352 e. The quantitative estimate of drug-likeness (QED) is 0.615. The minimum atomic E-state index is -3.59. The Morgan fingerprint density at radius 3 is 2.55 bits per heavy atom. The number of hydrogen-bond donors (Lipinski definition) is 3. The summed E-state index contributed by atoms with van der Waals surface area (Å²) in [5.41, 5.74) is 5.71. The van der Waals surface area contributed by atoms with E-state index in [4.69, 9.17) is 5.73 Å². The lowest BCUT2D eigenvalue weighted by Crippen LogP contribution is -2.30. The number of unbranched alkanes of at least 4 members (excludes halogenated alkanes) is 1. The molecule has 22 heavy (non-hydrogen) atoms. The molecule has 1 rings (SSSR count). The molecule has 0 bridgehead atoms. The number of sulfonamides is 1. The van der Waals surface area contributed by atoms with Crippen LogP contribution < -0.4 is 15.8 Å². The van der Waals surface area contributed by atoms with Gasteiger partial charge in [0, 0.05) is 18.2 Å². The number of hydrogen-bond acceptors (Lipinski definition) is 4. The molecule has 0 aromatic heterocycles. The Balaban J connectivity index is 0.00000441. The Morgan fingerprint density at radius 2 is 1.95 bits per heavy atom. The maximum atomic E-state index is 12.1. The van der Waals surface area contributed by atoms with Crippen LogP contribution in [0.5, 0.6) is 0 Å². The monoisotopic (exact) mass is 349 g/mol. The second kappa shape index (κ2) is 9.78. The predicted molar refractivity (Wildman–Crippen MR) is 89.8 cm³/mol. The number of carbonyl (C=O) groups excluding carboxylic acids is 1. The molecule has 0 aliphatic heterocycles. The molecule has 6 nitrogen and oxygen atoms in total. The Bertz CT molecular complexity index is 576. The molecule has 1 aromatic rings. The molecule has 0 saturated heterocycles. The van der Waals surface area contributed by atoms with E-state index in [9.17, 15) is 13.2 Å². The highest BCUT2D eigenvalue weighted by molar-refractivity contribution is 7.89. The van der Waals surface area contributed by atoms with Gasteiger partial charge in [0.05, 0.1) is 4.90 Å². The summed E-state index contributed by atoms with van der Waals surface area (Å²) in [5.74, 6) is -0.284. The van der Waals surface area contributed by atoms with E-state index in [-0.39, 0.29) is 29.3 Å². The molecule has 1 aromatic carbocycles. The van der Waals surface area contributed by atoms with Crippen LogP contribution in [0, 0.1) is 0 Å². The zero-order chi connectivity index (χ0) is 15.9. The van der Waals surface area contributed by atoms with Gasteiger partial charge in [-0.2, -0.15) is 0 Å². The first-order valence-corrected chi connectivity index (χ1v) is 8.46. The number of carbonyl (C=O) groups is 1. The molecule has 0 fully saturated rings. The van der Waals surface area contributed by atoms with E-state index in [0.29, 0.717) is 18.7 Å². The molecule has 0 atom stereocenters. The van der Waals surface area contributed by atoms with Crippen LogP contribution in [0.2, 0.25) is 0 Å². The smallest absolute Gasteiger partial charge is 0.251 e. The topological polar surface area (TPSA) is 101 Å². The van der Waals surface area contributed by atoms with Gasteiger partial charge in [0.1, 0.15) is 0 Å². The maximum absolute atomic E-state index is 12.1. The van der Waals surface area contributed by atoms with Crippen molar-refractivity contribution in [1.82, 2.24) is 10.0 Å². The molecule has 126 valence electrons. The third kappa shape index (κ3) is 6.74. The van der Waals surface area contributed by atoms with Gasteiger partial charge in [-0.3, -0.25) is 4.79 Å². The van der Waals surface area contributed by atoms with Crippen molar-refractivity contribution in [3.05, 3.63) is 29.8 Å². The zero-order valence-corrected chi connectivity index (χ0v) is 14.5. The van der Waals surface area contributed by atoms with Gasteiger partial charge in [0.15, 0.2) is 0 Å². The summed E-state index contributed by atoms with van der Waals surface area (Å²) in [6, 6.07) is 5.79. The van der Waals surface area contributed by atoms with Crippen LogP contribution in [-0.2, 0) is 10.0 Å². The van der Waals surface area contributed by atoms with Crippen molar-refractivity contribution in [2.24, 2.45) is 5.73 Å². The average molecular weight is 350 g/mol. The van der Waals surface area contributed by atoms with Gasteiger partial charge in [-0.1, -0.05) is 6.07 Å². The second-order valence-electron chi connectivity index (χ2n) is 5.06. The maximum Gasteiger partial charge on any atom is 0.251 e. The lowest BCUT2D eigenvalue weighted by molar-refractivity contribution is 0.0953. The summed E-state index contributed by atoms with van der Waals surface area (Å²) in [5, 5.41) is 2.74. The summed E-state index contributed by atoms with van der Waals surface area (Å²) >= 11 is 0. The third-order valence-electron chi connectivity index (χ3n) is 2.71. The Labute approximate surface area is 138 Å². The van der Waals surface area contributed by atoms with Gasteiger partial charge in [0.2, 0.25) is 10.0 Å². The van der Waals surface area contributed by atoms with E-state index in [1.165, 1.54) is 12.1 Å². The summed E-state index contributed by atoms with van der Waals surface area (Å²) in [7, 11) is -3.59. The van der Waals surface area contributed by atoms with Crippen LogP contribution in [0.3, 0.4) is 0 Å². The van der Waals surface area contributed by atoms with Gasteiger partial charge >= 0.3 is 0 Å². The minimum Gasteiger partial charge on any atom is -0.352 e. The highest BCUT2D eigenvalue weighted by Crippen LogP contribution is 2.12. The number of benzene rings is 1. The van der Waals surface area contributed by atoms with Crippen molar-refractivity contribution in [2.45, 2.75) is 37.6 Å². The van der Waals surface area contributed by atoms with E-state index in [0.717, 1.165) is 12.8 Å². The molecule has 0 spiro atoms. The fourth-order valence-electron chi connectivity index (χ4n) is 1.76. The van der Waals surface area contributed by atoms with Crippen molar-refractivity contribution < 1.29 is 13.2 Å². The number of halogens is 1. The minimum absolute atomic E-state index is 0. The summed E-state index contributed by atoms with van der Waals surface area (Å²) in [4.78, 5) is 12.0. The number of amides is 1. The van der Waals surface area contributed by atoms with Crippen LogP contribution in [0.25, 0.3) is 0 Å². The SMILES string of the molecule is CC(C)NS(=O)(=O)c1cccc(C(=O)NCCCCN)c1.Cl. The number of rotatable bonds is 8. The number of nitrogens with one attached hydrogen (secondary N) is 2. The van der Waals surface area contributed by atoms with Crippen molar-refractivity contribution in [3.8, 4) is 0 Å². The standard InChI is InChI=1S/C14H23N3O3S.ClH/c1-11(2)17-21(19,20)13-7-5-6-12(10-13)14(18)16-9-4-3-8-15;/h5-7,10-11,17H,3-4,8-9,15H2,1-2H3,(H,16,18);1H. The van der Waals surface area contributed by atoms with Crippen LogP contribution in [0.15, 0.2) is 29.2 Å². The first-order chi connectivity index (χ1) is 9.86. The predicted octanol–water partition coefficient (Wildman–Crippen LogP) is 1.26. The van der Waals surface area contributed by atoms with Gasteiger partial charge in [-0.25, -0.2) is 13.1 Å². The van der Waals surface area contributed by atoms with Crippen LogP contribution in [0.1, 0.15) is 37.0 Å². The second-order valence-corrected chi connectivity index (χ2v) is 6.77. The van der Waals surface area contributed by atoms with E-state index in [2.05, 4.69) is 10.0 Å². The molecular weight excluding hydrogens is 326 g/mol. The molecular formula is C14H24ClN3O3S. The number of nitrogens with two attached hydrogens (primary N) is 1. The van der Waals surface area contributed by atoms with Crippen molar-refractivity contribution in [1.29, 1.82) is 0 Å². The molecule has 1 amide bonds. The van der Waals surface area contributed by atoms with Gasteiger partial charge < -0.3 is 11.1 Å². The van der Waals surface area contributed by atoms with Gasteiger partial charge in [-0.15, -0.1) is 12.4 Å². The lowest BCUT2D eigenvalue weighted by Gasteiger charge is -2.11. The van der Waals surface area contributed by atoms with Crippen LogP contribution in [0.4, 0.5) is 0 Å². The van der Waals surface area contributed by atoms with E-state index in [1.807, 2.05) is 0 Å². The molecule has 8 heteroatoms. The van der Waals surface area contributed by atoms with Crippen molar-refractivity contribution in [2.75, 3.05) is 13.1 Å². The van der Waals surface area contributed by atoms with Crippen molar-refractivity contribution >= 4 is 28.3 Å². The third-order valence-corrected chi connectivity index (χ3v) is 4.37. The Kier molecular flexibility index (Phi) is 9.27. The lowest BCUT2D eigenvalue weighted by atomic mass is 10.2. The highest BCUT2D eigenvalue weighted by Gasteiger charge is 2.17. The fraction of sp³-hybridized carbons (Fsp3) is 0.500. The fourth-order valence-corrected chi connectivity index (χ4v) is 3.05. The van der Waals surface area contributed by atoms with Crippen LogP contribution in [-0.4, -0.2) is 33.5 Å².